The summed E-state index contributed by atoms with van der Waals surface area (Å²) < 4.78 is 29.5. The smallest absolute Gasteiger partial charge is 0.267 e. The van der Waals surface area contributed by atoms with Crippen molar-refractivity contribution in [2.75, 3.05) is 0 Å². The van der Waals surface area contributed by atoms with Crippen molar-refractivity contribution in [3.8, 4) is 5.75 Å². The van der Waals surface area contributed by atoms with E-state index in [0.717, 1.165) is 6.26 Å². The number of halogens is 2. The van der Waals surface area contributed by atoms with Gasteiger partial charge in [-0.1, -0.05) is 0 Å². The third-order valence-corrected chi connectivity index (χ3v) is 1.82. The molecule has 68 valence electrons. The van der Waals surface area contributed by atoms with E-state index in [9.17, 15) is 8.78 Å². The normalized spacial score (nSPS) is 11.3. The maximum absolute atomic E-state index is 12.3. The molecule has 0 unspecified atom stereocenters. The minimum Gasteiger partial charge on any atom is -0.508 e. The van der Waals surface area contributed by atoms with Gasteiger partial charge < -0.3 is 9.52 Å². The van der Waals surface area contributed by atoms with Crippen LogP contribution in [0.4, 0.5) is 8.78 Å². The molecule has 1 aromatic carbocycles. The first-order chi connectivity index (χ1) is 6.18. The zero-order chi connectivity index (χ0) is 9.42. The molecule has 1 heterocycles. The molecule has 2 rings (SSSR count). The number of alkyl halides is 2. The topological polar surface area (TPSA) is 33.4 Å². The summed E-state index contributed by atoms with van der Waals surface area (Å²) in [4.78, 5) is 0. The molecule has 2 aromatic rings. The summed E-state index contributed by atoms with van der Waals surface area (Å²) in [6.07, 6.45) is -1.54. The molecule has 0 aliphatic rings. The number of phenols is 1. The van der Waals surface area contributed by atoms with E-state index in [-0.39, 0.29) is 16.9 Å². The molecule has 0 aliphatic heterocycles. The zero-order valence-electron chi connectivity index (χ0n) is 6.50. The molecule has 13 heavy (non-hydrogen) atoms. The van der Waals surface area contributed by atoms with Gasteiger partial charge in [0.1, 0.15) is 17.6 Å². The number of rotatable bonds is 1. The fraction of sp³-hybridized carbons (Fsp3) is 0.111. The molecule has 0 saturated carbocycles. The molecule has 2 nitrogen and oxygen atoms in total. The first-order valence-corrected chi connectivity index (χ1v) is 3.67. The van der Waals surface area contributed by atoms with Crippen LogP contribution in [0.25, 0.3) is 11.0 Å². The molecule has 0 atom stereocenters. The summed E-state index contributed by atoms with van der Waals surface area (Å²) in [5.74, 6) is 0.00247. The van der Waals surface area contributed by atoms with Crippen molar-refractivity contribution in [1.29, 1.82) is 0 Å². The van der Waals surface area contributed by atoms with Gasteiger partial charge in [0.05, 0.1) is 5.56 Å². The van der Waals surface area contributed by atoms with E-state index in [1.54, 1.807) is 0 Å². The maximum atomic E-state index is 12.3. The maximum Gasteiger partial charge on any atom is 0.267 e. The van der Waals surface area contributed by atoms with Crippen molar-refractivity contribution in [3.05, 3.63) is 30.0 Å². The van der Waals surface area contributed by atoms with E-state index >= 15 is 0 Å². The van der Waals surface area contributed by atoms with Crippen LogP contribution in [-0.2, 0) is 0 Å². The Labute approximate surface area is 72.4 Å². The van der Waals surface area contributed by atoms with E-state index in [4.69, 9.17) is 9.52 Å². The van der Waals surface area contributed by atoms with Crippen LogP contribution in [-0.4, -0.2) is 5.11 Å². The molecular formula is C9H6F2O2. The summed E-state index contributed by atoms with van der Waals surface area (Å²) in [5.41, 5.74) is 0.130. The lowest BCUT2D eigenvalue weighted by atomic mass is 10.2. The second-order valence-electron chi connectivity index (χ2n) is 2.67. The Kier molecular flexibility index (Phi) is 1.69. The van der Waals surface area contributed by atoms with E-state index in [1.807, 2.05) is 0 Å². The molecule has 0 bridgehead atoms. The van der Waals surface area contributed by atoms with Crippen molar-refractivity contribution in [2.24, 2.45) is 0 Å². The van der Waals surface area contributed by atoms with E-state index in [1.165, 1.54) is 18.2 Å². The molecule has 1 aromatic heterocycles. The lowest BCUT2D eigenvalue weighted by molar-refractivity contribution is 0.152. The predicted molar refractivity (Wildman–Crippen MR) is 42.8 cm³/mol. The third kappa shape index (κ3) is 1.24. The highest BCUT2D eigenvalue weighted by Crippen LogP contribution is 2.31. The molecule has 1 N–H and O–H groups in total. The van der Waals surface area contributed by atoms with Gasteiger partial charge in [-0.15, -0.1) is 0 Å². The lowest BCUT2D eigenvalue weighted by Gasteiger charge is -1.94. The van der Waals surface area contributed by atoms with E-state index < -0.39 is 6.43 Å². The van der Waals surface area contributed by atoms with Crippen molar-refractivity contribution < 1.29 is 18.3 Å². The summed E-state index contributed by atoms with van der Waals surface area (Å²) in [6.45, 7) is 0. The van der Waals surface area contributed by atoms with Crippen LogP contribution < -0.4 is 0 Å². The minimum absolute atomic E-state index is 0.00247. The molecular weight excluding hydrogens is 178 g/mol. The second kappa shape index (κ2) is 2.73. The third-order valence-electron chi connectivity index (χ3n) is 1.82. The van der Waals surface area contributed by atoms with E-state index in [2.05, 4.69) is 0 Å². The van der Waals surface area contributed by atoms with Crippen LogP contribution in [0.5, 0.6) is 5.75 Å². The SMILES string of the molecule is Oc1ccc2c(C(F)F)coc2c1. The number of hydrogen-bond donors (Lipinski definition) is 1. The Morgan fingerprint density at radius 1 is 1.31 bits per heavy atom. The highest BCUT2D eigenvalue weighted by Gasteiger charge is 2.14. The average molecular weight is 184 g/mol. The van der Waals surface area contributed by atoms with Gasteiger partial charge in [-0.3, -0.25) is 0 Å². The van der Waals surface area contributed by atoms with Gasteiger partial charge in [0.2, 0.25) is 0 Å². The van der Waals surface area contributed by atoms with Gasteiger partial charge in [-0.25, -0.2) is 8.78 Å². The van der Waals surface area contributed by atoms with Crippen molar-refractivity contribution in [2.45, 2.75) is 6.43 Å². The fourth-order valence-corrected chi connectivity index (χ4v) is 1.21. The van der Waals surface area contributed by atoms with Gasteiger partial charge in [-0.05, 0) is 12.1 Å². The number of benzene rings is 1. The Morgan fingerprint density at radius 3 is 2.77 bits per heavy atom. The van der Waals surface area contributed by atoms with Gasteiger partial charge >= 0.3 is 0 Å². The fourth-order valence-electron chi connectivity index (χ4n) is 1.21. The molecule has 0 aliphatic carbocycles. The zero-order valence-corrected chi connectivity index (χ0v) is 6.50. The van der Waals surface area contributed by atoms with E-state index in [0.29, 0.717) is 5.39 Å². The van der Waals surface area contributed by atoms with Crippen LogP contribution in [0.15, 0.2) is 28.9 Å². The molecule has 0 fully saturated rings. The molecule has 4 heteroatoms. The van der Waals surface area contributed by atoms with Crippen LogP contribution in [0.1, 0.15) is 12.0 Å². The van der Waals surface area contributed by atoms with Gasteiger partial charge in [-0.2, -0.15) is 0 Å². The molecule has 0 amide bonds. The number of fused-ring (bicyclic) bond motifs is 1. The number of hydrogen-bond acceptors (Lipinski definition) is 2. The Hall–Kier alpha value is -1.58. The number of furan rings is 1. The second-order valence-corrected chi connectivity index (χ2v) is 2.67. The average Bonchev–Trinajstić information content (AvgIpc) is 2.46. The van der Waals surface area contributed by atoms with Crippen LogP contribution >= 0.6 is 0 Å². The highest BCUT2D eigenvalue weighted by molar-refractivity contribution is 5.82. The number of phenolic OH excluding ortho intramolecular Hbond substituents is 1. The Morgan fingerprint density at radius 2 is 2.08 bits per heavy atom. The first-order valence-electron chi connectivity index (χ1n) is 3.67. The predicted octanol–water partition coefficient (Wildman–Crippen LogP) is 3.08. The summed E-state index contributed by atoms with van der Waals surface area (Å²) in [7, 11) is 0. The largest absolute Gasteiger partial charge is 0.508 e. The Balaban J connectivity index is 2.69. The number of aromatic hydroxyl groups is 1. The monoisotopic (exact) mass is 184 g/mol. The lowest BCUT2D eigenvalue weighted by Crippen LogP contribution is -1.79. The Bertz CT molecular complexity index is 434. The minimum atomic E-state index is -2.55. The van der Waals surface area contributed by atoms with Crippen molar-refractivity contribution in [1.82, 2.24) is 0 Å². The van der Waals surface area contributed by atoms with Crippen molar-refractivity contribution >= 4 is 11.0 Å². The molecule has 0 saturated heterocycles. The molecule has 0 spiro atoms. The highest BCUT2D eigenvalue weighted by atomic mass is 19.3. The van der Waals surface area contributed by atoms with Crippen molar-refractivity contribution in [3.63, 3.8) is 0 Å². The standard InChI is InChI=1S/C9H6F2O2/c10-9(11)7-4-13-8-3-5(12)1-2-6(7)8/h1-4,9,12H. The summed E-state index contributed by atoms with van der Waals surface area (Å²) >= 11 is 0. The summed E-state index contributed by atoms with van der Waals surface area (Å²) in [6, 6.07) is 4.07. The van der Waals surface area contributed by atoms with Gasteiger partial charge in [0.25, 0.3) is 6.43 Å². The van der Waals surface area contributed by atoms with Gasteiger partial charge in [0.15, 0.2) is 0 Å². The first kappa shape index (κ1) is 8.04. The van der Waals surface area contributed by atoms with Crippen LogP contribution in [0.3, 0.4) is 0 Å². The van der Waals surface area contributed by atoms with Crippen LogP contribution in [0.2, 0.25) is 0 Å². The van der Waals surface area contributed by atoms with Gasteiger partial charge in [0, 0.05) is 11.5 Å². The van der Waals surface area contributed by atoms with Crippen LogP contribution in [0, 0.1) is 0 Å². The molecule has 0 radical (unpaired) electrons. The summed E-state index contributed by atoms with van der Waals surface area (Å²) in [5, 5.41) is 9.37. The quantitative estimate of drug-likeness (QED) is 0.738.